The molecule has 8 nitrogen and oxygen atoms in total. The van der Waals surface area contributed by atoms with Crippen LogP contribution in [-0.4, -0.2) is 85.2 Å². The lowest BCUT2D eigenvalue weighted by atomic mass is 9.97. The molecular weight excluding hydrogens is 540 g/mol. The molecule has 3 aromatic carbocycles. The van der Waals surface area contributed by atoms with Crippen molar-refractivity contribution in [3.63, 3.8) is 0 Å². The number of piperazine rings is 1. The summed E-state index contributed by atoms with van der Waals surface area (Å²) in [6.45, 7) is 11.5. The first-order chi connectivity index (χ1) is 20.8. The molecule has 0 aromatic heterocycles. The number of hydrogen-bond acceptors (Lipinski definition) is 6. The summed E-state index contributed by atoms with van der Waals surface area (Å²) in [5.41, 5.74) is 4.50. The van der Waals surface area contributed by atoms with Crippen molar-refractivity contribution >= 4 is 17.5 Å². The van der Waals surface area contributed by atoms with Crippen LogP contribution >= 0.6 is 0 Å². The SMILES string of the molecule is Cc1ccccc1C(=O)N1CCC(N2CCN([C@@H](C)c3ccc(C(=O)N(C)c4ccc5c(c4)OCO5)cc3)[C@H](C)C2)CC1. The minimum atomic E-state index is -0.0632. The van der Waals surface area contributed by atoms with Gasteiger partial charge in [0.25, 0.3) is 11.8 Å². The van der Waals surface area contributed by atoms with Crippen molar-refractivity contribution in [3.8, 4) is 11.5 Å². The summed E-state index contributed by atoms with van der Waals surface area (Å²) in [4.78, 5) is 35.2. The van der Waals surface area contributed by atoms with Crippen LogP contribution < -0.4 is 14.4 Å². The van der Waals surface area contributed by atoms with Crippen molar-refractivity contribution in [1.82, 2.24) is 14.7 Å². The molecule has 0 unspecified atom stereocenters. The lowest BCUT2D eigenvalue weighted by Gasteiger charge is -2.47. The summed E-state index contributed by atoms with van der Waals surface area (Å²) in [6.07, 6.45) is 2.05. The van der Waals surface area contributed by atoms with E-state index in [0.29, 0.717) is 29.1 Å². The van der Waals surface area contributed by atoms with Crippen LogP contribution in [0.5, 0.6) is 11.5 Å². The first-order valence-electron chi connectivity index (χ1n) is 15.4. The van der Waals surface area contributed by atoms with Crippen LogP contribution in [0.4, 0.5) is 5.69 Å². The van der Waals surface area contributed by atoms with E-state index in [0.717, 1.165) is 62.4 Å². The summed E-state index contributed by atoms with van der Waals surface area (Å²) in [5, 5.41) is 0. The number of aryl methyl sites for hydroxylation is 1. The Hall–Kier alpha value is -3.88. The van der Waals surface area contributed by atoms with Gasteiger partial charge in [0.05, 0.1) is 0 Å². The van der Waals surface area contributed by atoms with Gasteiger partial charge in [-0.3, -0.25) is 19.4 Å². The van der Waals surface area contributed by atoms with Gasteiger partial charge in [-0.2, -0.15) is 0 Å². The molecule has 2 amide bonds. The van der Waals surface area contributed by atoms with Crippen LogP contribution in [0, 0.1) is 6.92 Å². The molecule has 3 heterocycles. The van der Waals surface area contributed by atoms with Gasteiger partial charge in [0.1, 0.15) is 0 Å². The number of rotatable bonds is 6. The maximum absolute atomic E-state index is 13.2. The fourth-order valence-corrected chi connectivity index (χ4v) is 6.82. The molecule has 8 heteroatoms. The van der Waals surface area contributed by atoms with Crippen LogP contribution in [-0.2, 0) is 0 Å². The second kappa shape index (κ2) is 12.4. The maximum Gasteiger partial charge on any atom is 0.258 e. The predicted molar refractivity (Wildman–Crippen MR) is 168 cm³/mol. The van der Waals surface area contributed by atoms with E-state index in [2.05, 4.69) is 35.8 Å². The summed E-state index contributed by atoms with van der Waals surface area (Å²) in [6, 6.07) is 22.7. The number of ether oxygens (including phenoxy) is 2. The Morgan fingerprint density at radius 3 is 2.35 bits per heavy atom. The Morgan fingerprint density at radius 2 is 1.63 bits per heavy atom. The highest BCUT2D eigenvalue weighted by Crippen LogP contribution is 2.35. The van der Waals surface area contributed by atoms with Crippen molar-refractivity contribution < 1.29 is 19.1 Å². The zero-order valence-electron chi connectivity index (χ0n) is 25.7. The smallest absolute Gasteiger partial charge is 0.258 e. The van der Waals surface area contributed by atoms with Gasteiger partial charge in [0.2, 0.25) is 6.79 Å². The Morgan fingerprint density at radius 1 is 0.907 bits per heavy atom. The number of anilines is 1. The Kier molecular flexibility index (Phi) is 8.41. The summed E-state index contributed by atoms with van der Waals surface area (Å²) >= 11 is 0. The minimum Gasteiger partial charge on any atom is -0.454 e. The molecule has 2 fully saturated rings. The van der Waals surface area contributed by atoms with E-state index in [1.807, 2.05) is 66.4 Å². The van der Waals surface area contributed by atoms with Crippen molar-refractivity contribution in [3.05, 3.63) is 89.0 Å². The second-order valence-electron chi connectivity index (χ2n) is 12.1. The van der Waals surface area contributed by atoms with Crippen molar-refractivity contribution in [2.75, 3.05) is 51.5 Å². The number of hydrogen-bond donors (Lipinski definition) is 0. The number of amides is 2. The Balaban J connectivity index is 1.02. The number of carbonyl (C=O) groups excluding carboxylic acids is 2. The average molecular weight is 583 g/mol. The molecule has 0 radical (unpaired) electrons. The molecule has 43 heavy (non-hydrogen) atoms. The number of likely N-dealkylation sites (tertiary alicyclic amines) is 1. The lowest BCUT2D eigenvalue weighted by Crippen LogP contribution is -2.57. The zero-order valence-corrected chi connectivity index (χ0v) is 25.7. The number of piperidine rings is 1. The van der Waals surface area contributed by atoms with E-state index in [-0.39, 0.29) is 24.6 Å². The standard InChI is InChI=1S/C35H42N4O4/c1-24-7-5-6-8-31(24)35(41)37-17-15-29(16-18-37)38-19-20-39(25(2)22-38)26(3)27-9-11-28(12-10-27)34(40)36(4)30-13-14-32-33(21-30)43-23-42-32/h5-14,21,25-26,29H,15-20,22-23H2,1-4H3/t25-,26+/m1/s1. The maximum atomic E-state index is 13.2. The molecule has 2 atom stereocenters. The molecule has 3 aliphatic heterocycles. The van der Waals surface area contributed by atoms with Crippen LogP contribution in [0.3, 0.4) is 0 Å². The first kappa shape index (κ1) is 29.2. The third kappa shape index (κ3) is 5.99. The second-order valence-corrected chi connectivity index (χ2v) is 12.1. The van der Waals surface area contributed by atoms with Crippen LogP contribution in [0.15, 0.2) is 66.7 Å². The van der Waals surface area contributed by atoms with Crippen molar-refractivity contribution in [2.45, 2.75) is 51.7 Å². The molecule has 0 N–H and O–H groups in total. The molecule has 2 saturated heterocycles. The highest BCUT2D eigenvalue weighted by molar-refractivity contribution is 6.05. The molecule has 6 rings (SSSR count). The zero-order chi connectivity index (χ0) is 30.1. The molecule has 0 aliphatic carbocycles. The van der Waals surface area contributed by atoms with Gasteiger partial charge in [-0.1, -0.05) is 30.3 Å². The van der Waals surface area contributed by atoms with Gasteiger partial charge in [0.15, 0.2) is 11.5 Å². The molecule has 226 valence electrons. The molecule has 0 spiro atoms. The fourth-order valence-electron chi connectivity index (χ4n) is 6.82. The number of carbonyl (C=O) groups is 2. The van der Waals surface area contributed by atoms with E-state index in [9.17, 15) is 9.59 Å². The van der Waals surface area contributed by atoms with E-state index in [1.54, 1.807) is 11.9 Å². The van der Waals surface area contributed by atoms with Crippen LogP contribution in [0.2, 0.25) is 0 Å². The molecule has 0 saturated carbocycles. The molecule has 0 bridgehead atoms. The van der Waals surface area contributed by atoms with Crippen molar-refractivity contribution in [1.29, 1.82) is 0 Å². The predicted octanol–water partition coefficient (Wildman–Crippen LogP) is 5.37. The average Bonchev–Trinajstić information content (AvgIpc) is 3.52. The fraction of sp³-hybridized carbons (Fsp3) is 0.429. The van der Waals surface area contributed by atoms with Gasteiger partial charge in [0, 0.05) is 80.8 Å². The monoisotopic (exact) mass is 582 g/mol. The Labute approximate surface area is 254 Å². The number of nitrogens with zero attached hydrogens (tertiary/aromatic N) is 4. The first-order valence-corrected chi connectivity index (χ1v) is 15.4. The lowest BCUT2D eigenvalue weighted by molar-refractivity contribution is 0.0135. The molecule has 3 aromatic rings. The van der Waals surface area contributed by atoms with Gasteiger partial charge >= 0.3 is 0 Å². The van der Waals surface area contributed by atoms with Gasteiger partial charge in [-0.25, -0.2) is 0 Å². The number of fused-ring (bicyclic) bond motifs is 1. The summed E-state index contributed by atoms with van der Waals surface area (Å²) < 4.78 is 10.9. The summed E-state index contributed by atoms with van der Waals surface area (Å²) in [5.74, 6) is 1.46. The highest BCUT2D eigenvalue weighted by atomic mass is 16.7. The van der Waals surface area contributed by atoms with Crippen LogP contribution in [0.25, 0.3) is 0 Å². The van der Waals surface area contributed by atoms with Crippen LogP contribution in [0.1, 0.15) is 64.6 Å². The number of benzene rings is 3. The Bertz CT molecular complexity index is 1470. The topological polar surface area (TPSA) is 65.6 Å². The third-order valence-corrected chi connectivity index (χ3v) is 9.54. The van der Waals surface area contributed by atoms with E-state index >= 15 is 0 Å². The van der Waals surface area contributed by atoms with Gasteiger partial charge in [-0.05, 0) is 75.1 Å². The molecule has 3 aliphatic rings. The van der Waals surface area contributed by atoms with Crippen molar-refractivity contribution in [2.24, 2.45) is 0 Å². The summed E-state index contributed by atoms with van der Waals surface area (Å²) in [7, 11) is 1.78. The van der Waals surface area contributed by atoms with Gasteiger partial charge in [-0.15, -0.1) is 0 Å². The molecular formula is C35H42N4O4. The highest BCUT2D eigenvalue weighted by Gasteiger charge is 2.34. The van der Waals surface area contributed by atoms with E-state index < -0.39 is 0 Å². The normalized spacial score (nSPS) is 20.2. The quantitative estimate of drug-likeness (QED) is 0.389. The van der Waals surface area contributed by atoms with Gasteiger partial charge < -0.3 is 19.3 Å². The van der Waals surface area contributed by atoms with E-state index in [1.165, 1.54) is 5.56 Å². The largest absolute Gasteiger partial charge is 0.454 e. The van der Waals surface area contributed by atoms with E-state index in [4.69, 9.17) is 9.47 Å². The minimum absolute atomic E-state index is 0.0632. The third-order valence-electron chi connectivity index (χ3n) is 9.54.